The molecule has 0 fully saturated rings. The van der Waals surface area contributed by atoms with Crippen molar-refractivity contribution in [2.45, 2.75) is 6.42 Å². The maximum Gasteiger partial charge on any atom is 0.118 e. The number of allylic oxidation sites excluding steroid dienone is 1. The highest BCUT2D eigenvalue weighted by Crippen LogP contribution is 1.87. The van der Waals surface area contributed by atoms with Gasteiger partial charge in [0, 0.05) is 12.6 Å². The average molecular weight is 84.1 g/mol. The second-order valence-electron chi connectivity index (χ2n) is 0.931. The van der Waals surface area contributed by atoms with Crippen LogP contribution in [0.15, 0.2) is 17.5 Å². The van der Waals surface area contributed by atoms with Crippen molar-refractivity contribution in [3.8, 4) is 0 Å². The predicted molar refractivity (Wildman–Crippen MR) is 23.3 cm³/mol. The van der Waals surface area contributed by atoms with E-state index in [9.17, 15) is 0 Å². The summed E-state index contributed by atoms with van der Waals surface area (Å²) in [6, 6.07) is 0. The van der Waals surface area contributed by atoms with Crippen molar-refractivity contribution in [1.82, 2.24) is 0 Å². The molecule has 0 radical (unpaired) electrons. The van der Waals surface area contributed by atoms with Crippen LogP contribution in [0.25, 0.3) is 0 Å². The third-order valence-electron chi connectivity index (χ3n) is 0.483. The molecule has 2 nitrogen and oxygen atoms in total. The van der Waals surface area contributed by atoms with E-state index in [-0.39, 0.29) is 6.19 Å². The summed E-state index contributed by atoms with van der Waals surface area (Å²) in [7, 11) is 0. The number of oxime groups is 1. The fourth-order valence-electron chi connectivity index (χ4n) is 0.249. The SMILES string of the molecule is [2H]C1=NOC=CC1. The zero-order valence-corrected chi connectivity index (χ0v) is 3.22. The quantitative estimate of drug-likeness (QED) is 0.427. The normalized spacial score (nSPS) is 21.3. The Morgan fingerprint density at radius 1 is 2.00 bits per heavy atom. The van der Waals surface area contributed by atoms with Crippen LogP contribution in [0.2, 0.25) is 0 Å². The van der Waals surface area contributed by atoms with E-state index in [2.05, 4.69) is 9.99 Å². The largest absolute Gasteiger partial charge is 0.366 e. The van der Waals surface area contributed by atoms with Gasteiger partial charge in [-0.25, -0.2) is 0 Å². The highest BCUT2D eigenvalue weighted by molar-refractivity contribution is 5.59. The summed E-state index contributed by atoms with van der Waals surface area (Å²) in [5.41, 5.74) is 0. The first-order chi connectivity index (χ1) is 3.39. The summed E-state index contributed by atoms with van der Waals surface area (Å²) in [5, 5.41) is 3.33. The van der Waals surface area contributed by atoms with Gasteiger partial charge in [0.1, 0.15) is 6.26 Å². The zero-order chi connectivity index (χ0) is 5.11. The van der Waals surface area contributed by atoms with Crippen LogP contribution in [0.5, 0.6) is 0 Å². The fourth-order valence-corrected chi connectivity index (χ4v) is 0.249. The number of hydrogen-bond donors (Lipinski definition) is 0. The molecule has 0 atom stereocenters. The lowest BCUT2D eigenvalue weighted by molar-refractivity contribution is 0.264. The molecular formula is C4H5NO. The number of nitrogens with zero attached hydrogens (tertiary/aromatic N) is 1. The zero-order valence-electron chi connectivity index (χ0n) is 4.22. The van der Waals surface area contributed by atoms with Crippen molar-refractivity contribution in [3.05, 3.63) is 12.3 Å². The molecule has 2 heteroatoms. The molecule has 1 aliphatic heterocycles. The molecule has 6 heavy (non-hydrogen) atoms. The molecule has 0 saturated carbocycles. The van der Waals surface area contributed by atoms with E-state index in [1.165, 1.54) is 6.26 Å². The molecule has 0 saturated heterocycles. The Bertz CT molecular complexity index is 119. The molecule has 1 aliphatic rings. The Balaban J connectivity index is 2.50. The molecule has 0 amide bonds. The summed E-state index contributed by atoms with van der Waals surface area (Å²) in [6.45, 7) is 0. The average Bonchev–Trinajstić information content (AvgIpc) is 1.69. The minimum absolute atomic E-state index is 0.280. The number of hydrogen-bond acceptors (Lipinski definition) is 2. The van der Waals surface area contributed by atoms with Gasteiger partial charge in [-0.3, -0.25) is 0 Å². The smallest absolute Gasteiger partial charge is 0.118 e. The van der Waals surface area contributed by atoms with Gasteiger partial charge in [0.15, 0.2) is 0 Å². The highest BCUT2D eigenvalue weighted by Gasteiger charge is 1.77. The summed E-state index contributed by atoms with van der Waals surface area (Å²) in [5.74, 6) is 0. The van der Waals surface area contributed by atoms with E-state index in [4.69, 9.17) is 1.37 Å². The molecule has 1 heterocycles. The second kappa shape index (κ2) is 1.60. The predicted octanol–water partition coefficient (Wildman–Crippen LogP) is 0.906. The van der Waals surface area contributed by atoms with Crippen LogP contribution < -0.4 is 0 Å². The van der Waals surface area contributed by atoms with Crippen LogP contribution in [-0.2, 0) is 4.84 Å². The van der Waals surface area contributed by atoms with Crippen molar-refractivity contribution >= 4 is 6.19 Å². The van der Waals surface area contributed by atoms with Crippen LogP contribution in [0.4, 0.5) is 0 Å². The molecule has 1 rings (SSSR count). The molecule has 32 valence electrons. The van der Waals surface area contributed by atoms with Crippen molar-refractivity contribution in [2.75, 3.05) is 0 Å². The summed E-state index contributed by atoms with van der Waals surface area (Å²) < 4.78 is 6.85. The molecule has 0 aromatic rings. The lowest BCUT2D eigenvalue weighted by Gasteiger charge is -1.89. The first-order valence-electron chi connectivity index (χ1n) is 2.24. The van der Waals surface area contributed by atoms with Crippen LogP contribution in [0, 0.1) is 0 Å². The Kier molecular flexibility index (Phi) is 0.638. The Hall–Kier alpha value is -0.790. The van der Waals surface area contributed by atoms with E-state index >= 15 is 0 Å². The van der Waals surface area contributed by atoms with E-state index < -0.39 is 0 Å². The lowest BCUT2D eigenvalue weighted by Crippen LogP contribution is -1.78. The summed E-state index contributed by atoms with van der Waals surface area (Å²) >= 11 is 0. The van der Waals surface area contributed by atoms with Crippen molar-refractivity contribution in [1.29, 1.82) is 0 Å². The molecule has 0 N–H and O–H groups in total. The highest BCUT2D eigenvalue weighted by atomic mass is 16.6. The van der Waals surface area contributed by atoms with Crippen molar-refractivity contribution in [3.63, 3.8) is 0 Å². The van der Waals surface area contributed by atoms with Gasteiger partial charge in [-0.2, -0.15) is 0 Å². The minimum Gasteiger partial charge on any atom is -0.366 e. The fraction of sp³-hybridized carbons (Fsp3) is 0.250. The van der Waals surface area contributed by atoms with Gasteiger partial charge in [0.25, 0.3) is 0 Å². The summed E-state index contributed by atoms with van der Waals surface area (Å²) in [6.07, 6.45) is 4.09. The Morgan fingerprint density at radius 2 is 3.00 bits per heavy atom. The molecule has 0 spiro atoms. The van der Waals surface area contributed by atoms with Gasteiger partial charge in [-0.15, -0.1) is 0 Å². The van der Waals surface area contributed by atoms with Crippen molar-refractivity contribution < 1.29 is 6.21 Å². The molecule has 0 bridgehead atoms. The maximum atomic E-state index is 6.85. The third-order valence-corrected chi connectivity index (χ3v) is 0.483. The molecule has 0 aromatic carbocycles. The van der Waals surface area contributed by atoms with Crippen molar-refractivity contribution in [2.24, 2.45) is 5.16 Å². The third kappa shape index (κ3) is 0.578. The van der Waals surface area contributed by atoms with E-state index in [0.717, 1.165) is 0 Å². The van der Waals surface area contributed by atoms with E-state index in [1.54, 1.807) is 6.08 Å². The van der Waals surface area contributed by atoms with Gasteiger partial charge < -0.3 is 4.84 Å². The number of rotatable bonds is 0. The molecule has 0 aliphatic carbocycles. The summed E-state index contributed by atoms with van der Waals surface area (Å²) in [4.78, 5) is 4.40. The van der Waals surface area contributed by atoms with Crippen LogP contribution in [0.1, 0.15) is 7.79 Å². The van der Waals surface area contributed by atoms with E-state index in [0.29, 0.717) is 6.42 Å². The van der Waals surface area contributed by atoms with Gasteiger partial charge >= 0.3 is 0 Å². The molecule has 0 aromatic heterocycles. The molecule has 0 unspecified atom stereocenters. The van der Waals surface area contributed by atoms with Gasteiger partial charge in [-0.05, 0) is 6.08 Å². The van der Waals surface area contributed by atoms with Gasteiger partial charge in [0.2, 0.25) is 0 Å². The second-order valence-corrected chi connectivity index (χ2v) is 0.931. The van der Waals surface area contributed by atoms with Crippen LogP contribution in [0.3, 0.4) is 0 Å². The lowest BCUT2D eigenvalue weighted by atomic mass is 10.4. The molecular weight excluding hydrogens is 78.0 g/mol. The topological polar surface area (TPSA) is 21.6 Å². The van der Waals surface area contributed by atoms with Crippen LogP contribution >= 0.6 is 0 Å². The maximum absolute atomic E-state index is 6.85. The Labute approximate surface area is 37.5 Å². The standard InChI is InChI=1S/C4H5NO/c1-2-4-6-5-3-1/h2-4H,1H2/i3D. The van der Waals surface area contributed by atoms with Gasteiger partial charge in [0.05, 0.1) is 1.37 Å². The van der Waals surface area contributed by atoms with E-state index in [1.807, 2.05) is 0 Å². The first kappa shape index (κ1) is 2.39. The monoisotopic (exact) mass is 84.0 g/mol. The Morgan fingerprint density at radius 3 is 3.33 bits per heavy atom. The minimum atomic E-state index is 0.280. The van der Waals surface area contributed by atoms with Crippen LogP contribution in [-0.4, -0.2) is 6.19 Å². The first-order valence-corrected chi connectivity index (χ1v) is 1.74. The van der Waals surface area contributed by atoms with Gasteiger partial charge in [-0.1, -0.05) is 5.16 Å².